The number of anilines is 1. The van der Waals surface area contributed by atoms with E-state index in [0.29, 0.717) is 15.9 Å². The van der Waals surface area contributed by atoms with Crippen molar-refractivity contribution in [1.29, 1.82) is 0 Å². The van der Waals surface area contributed by atoms with Gasteiger partial charge in [-0.1, -0.05) is 0 Å². The van der Waals surface area contributed by atoms with Gasteiger partial charge in [0, 0.05) is 12.4 Å². The summed E-state index contributed by atoms with van der Waals surface area (Å²) in [6.45, 7) is 0. The molecule has 0 amide bonds. The lowest BCUT2D eigenvalue weighted by atomic mass is 10.3. The summed E-state index contributed by atoms with van der Waals surface area (Å²) in [5, 5.41) is 2.53. The molecule has 6 heteroatoms. The first kappa shape index (κ1) is 8.06. The van der Waals surface area contributed by atoms with Gasteiger partial charge >= 0.3 is 5.69 Å². The second-order valence-electron chi connectivity index (χ2n) is 2.68. The maximum Gasteiger partial charge on any atom is 0.328 e. The van der Waals surface area contributed by atoms with Crippen molar-refractivity contribution < 1.29 is 0 Å². The number of aromatic amines is 1. The van der Waals surface area contributed by atoms with E-state index in [0.717, 1.165) is 0 Å². The Morgan fingerprint density at radius 2 is 2.23 bits per heavy atom. The summed E-state index contributed by atoms with van der Waals surface area (Å²) < 4.78 is 1.36. The number of nitrogen functional groups attached to an aromatic ring is 1. The Labute approximate surface area is 76.4 Å². The van der Waals surface area contributed by atoms with E-state index >= 15 is 0 Å². The Balaban J connectivity index is 3.18. The van der Waals surface area contributed by atoms with E-state index in [1.54, 1.807) is 12.4 Å². The second kappa shape index (κ2) is 2.46. The molecule has 5 nitrogen and oxygen atoms in total. The topological polar surface area (TPSA) is 80.9 Å². The molecule has 13 heavy (non-hydrogen) atoms. The minimum absolute atomic E-state index is 0.395. The van der Waals surface area contributed by atoms with Crippen LogP contribution in [0.25, 0.3) is 10.9 Å². The van der Waals surface area contributed by atoms with E-state index in [2.05, 4.69) is 4.98 Å². The third-order valence-corrected chi connectivity index (χ3v) is 2.71. The second-order valence-corrected chi connectivity index (χ2v) is 3.59. The molecule has 0 bridgehead atoms. The predicted molar refractivity (Wildman–Crippen MR) is 52.1 cm³/mol. The third kappa shape index (κ3) is 0.988. The predicted octanol–water partition coefficient (Wildman–Crippen LogP) is -0.130. The number of H-pyrrole nitrogens is 1. The highest BCUT2D eigenvalue weighted by Gasteiger charge is 2.08. The van der Waals surface area contributed by atoms with Crippen molar-refractivity contribution in [3.8, 4) is 0 Å². The first-order valence-corrected chi connectivity index (χ1v) is 4.45. The van der Waals surface area contributed by atoms with Crippen molar-refractivity contribution >= 4 is 27.2 Å². The number of nitrogens with zero attached hydrogens (tertiary/aromatic N) is 1. The molecule has 0 radical (unpaired) electrons. The molecule has 2 rings (SSSR count). The molecule has 0 unspecified atom stereocenters. The van der Waals surface area contributed by atoms with Crippen molar-refractivity contribution in [3.05, 3.63) is 26.2 Å². The monoisotopic (exact) mass is 197 g/mol. The van der Waals surface area contributed by atoms with Crippen LogP contribution in [0, 0.1) is 0 Å². The fraction of sp³-hybridized carbons (Fsp3) is 0.143. The molecule has 0 saturated carbocycles. The number of hydrogen-bond donors (Lipinski definition) is 2. The van der Waals surface area contributed by atoms with Gasteiger partial charge in [-0.3, -0.25) is 14.3 Å². The molecular formula is C7H7N3O2S. The SMILES string of the molecule is Cn1c(=O)[nH]c(=O)c2c(N)scc21. The zero-order valence-electron chi connectivity index (χ0n) is 6.83. The number of fused-ring (bicyclic) bond motifs is 1. The molecule has 0 aliphatic carbocycles. The molecule has 0 aromatic carbocycles. The molecular weight excluding hydrogens is 190 g/mol. The third-order valence-electron chi connectivity index (χ3n) is 1.91. The summed E-state index contributed by atoms with van der Waals surface area (Å²) in [6, 6.07) is 0. The Kier molecular flexibility index (Phi) is 1.53. The highest BCUT2D eigenvalue weighted by molar-refractivity contribution is 7.15. The van der Waals surface area contributed by atoms with Crippen LogP contribution in [0.4, 0.5) is 5.00 Å². The van der Waals surface area contributed by atoms with Crippen LogP contribution >= 0.6 is 11.3 Å². The normalized spacial score (nSPS) is 10.8. The molecule has 0 aliphatic heterocycles. The average Bonchev–Trinajstić information content (AvgIpc) is 2.44. The van der Waals surface area contributed by atoms with Crippen LogP contribution in [-0.4, -0.2) is 9.55 Å². The molecule has 0 aliphatic rings. The van der Waals surface area contributed by atoms with Gasteiger partial charge in [0.1, 0.15) is 5.00 Å². The summed E-state index contributed by atoms with van der Waals surface area (Å²) in [5.41, 5.74) is 5.32. The number of nitrogens with two attached hydrogens (primary N) is 1. The zero-order chi connectivity index (χ0) is 9.59. The lowest BCUT2D eigenvalue weighted by molar-refractivity contribution is 0.845. The lowest BCUT2D eigenvalue weighted by Gasteiger charge is -1.97. The van der Waals surface area contributed by atoms with Gasteiger partial charge in [-0.05, 0) is 0 Å². The Morgan fingerprint density at radius 3 is 2.92 bits per heavy atom. The van der Waals surface area contributed by atoms with Crippen molar-refractivity contribution in [2.45, 2.75) is 0 Å². The number of aromatic nitrogens is 2. The Hall–Kier alpha value is -1.56. The zero-order valence-corrected chi connectivity index (χ0v) is 7.64. The van der Waals surface area contributed by atoms with E-state index in [9.17, 15) is 9.59 Å². The van der Waals surface area contributed by atoms with Crippen LogP contribution in [0.3, 0.4) is 0 Å². The van der Waals surface area contributed by atoms with E-state index in [1.807, 2.05) is 0 Å². The van der Waals surface area contributed by atoms with Crippen molar-refractivity contribution in [1.82, 2.24) is 9.55 Å². The first-order valence-electron chi connectivity index (χ1n) is 3.57. The van der Waals surface area contributed by atoms with E-state index < -0.39 is 11.2 Å². The molecule has 0 atom stereocenters. The summed E-state index contributed by atoms with van der Waals surface area (Å²) in [4.78, 5) is 24.6. The van der Waals surface area contributed by atoms with Gasteiger partial charge in [0.2, 0.25) is 0 Å². The highest BCUT2D eigenvalue weighted by Crippen LogP contribution is 2.22. The number of thiophene rings is 1. The number of hydrogen-bond acceptors (Lipinski definition) is 4. The molecule has 68 valence electrons. The standard InChI is InChI=1S/C7H7N3O2S/c1-10-3-2-13-5(8)4(3)6(11)9-7(10)12/h2H,8H2,1H3,(H,9,11,12). The van der Waals surface area contributed by atoms with Crippen LogP contribution in [0.15, 0.2) is 15.0 Å². The Morgan fingerprint density at radius 1 is 1.54 bits per heavy atom. The van der Waals surface area contributed by atoms with Crippen molar-refractivity contribution in [2.24, 2.45) is 7.05 Å². The van der Waals surface area contributed by atoms with Gasteiger partial charge in [0.05, 0.1) is 10.9 Å². The van der Waals surface area contributed by atoms with Gasteiger partial charge in [0.15, 0.2) is 0 Å². The van der Waals surface area contributed by atoms with Gasteiger partial charge < -0.3 is 5.73 Å². The largest absolute Gasteiger partial charge is 0.390 e. The van der Waals surface area contributed by atoms with Crippen LogP contribution < -0.4 is 17.0 Å². The fourth-order valence-corrected chi connectivity index (χ4v) is 2.02. The first-order chi connectivity index (χ1) is 6.11. The molecule has 0 spiro atoms. The van der Waals surface area contributed by atoms with Crippen molar-refractivity contribution in [2.75, 3.05) is 5.73 Å². The molecule has 3 N–H and O–H groups in total. The van der Waals surface area contributed by atoms with E-state index in [1.165, 1.54) is 15.9 Å². The smallest absolute Gasteiger partial charge is 0.328 e. The quantitative estimate of drug-likeness (QED) is 0.617. The van der Waals surface area contributed by atoms with Gasteiger partial charge in [-0.2, -0.15) is 0 Å². The number of aryl methyl sites for hydroxylation is 1. The molecule has 2 aromatic heterocycles. The van der Waals surface area contributed by atoms with Gasteiger partial charge in [0.25, 0.3) is 5.56 Å². The van der Waals surface area contributed by atoms with Gasteiger partial charge in [-0.15, -0.1) is 11.3 Å². The summed E-state index contributed by atoms with van der Waals surface area (Å²) in [5.74, 6) is 0. The van der Waals surface area contributed by atoms with Crippen LogP contribution in [0.1, 0.15) is 0 Å². The van der Waals surface area contributed by atoms with Crippen LogP contribution in [0.5, 0.6) is 0 Å². The van der Waals surface area contributed by atoms with Crippen LogP contribution in [0.2, 0.25) is 0 Å². The van der Waals surface area contributed by atoms with E-state index in [-0.39, 0.29) is 0 Å². The molecule has 2 aromatic rings. The lowest BCUT2D eigenvalue weighted by Crippen LogP contribution is -2.27. The molecule has 0 saturated heterocycles. The minimum atomic E-state index is -0.421. The van der Waals surface area contributed by atoms with Crippen molar-refractivity contribution in [3.63, 3.8) is 0 Å². The molecule has 2 heterocycles. The maximum absolute atomic E-state index is 11.3. The number of rotatable bonds is 0. The summed E-state index contributed by atoms with van der Waals surface area (Å²) >= 11 is 1.25. The number of nitrogens with one attached hydrogen (secondary N) is 1. The van der Waals surface area contributed by atoms with Gasteiger partial charge in [-0.25, -0.2) is 4.79 Å². The fourth-order valence-electron chi connectivity index (χ4n) is 1.19. The summed E-state index contributed by atoms with van der Waals surface area (Å²) in [7, 11) is 1.59. The van der Waals surface area contributed by atoms with E-state index in [4.69, 9.17) is 5.73 Å². The minimum Gasteiger partial charge on any atom is -0.390 e. The van der Waals surface area contributed by atoms with Crippen LogP contribution in [-0.2, 0) is 7.05 Å². The Bertz CT molecular complexity index is 577. The summed E-state index contributed by atoms with van der Waals surface area (Å²) in [6.07, 6.45) is 0. The molecule has 0 fully saturated rings. The maximum atomic E-state index is 11.3. The average molecular weight is 197 g/mol. The highest BCUT2D eigenvalue weighted by atomic mass is 32.1.